The number of nitrogens with zero attached hydrogens (tertiary/aromatic N) is 1. The van der Waals surface area contributed by atoms with Crippen molar-refractivity contribution in [1.82, 2.24) is 10.3 Å². The molecule has 20 heavy (non-hydrogen) atoms. The molecule has 2 atom stereocenters. The third-order valence-electron chi connectivity index (χ3n) is 4.18. The molecule has 0 saturated carbocycles. The first kappa shape index (κ1) is 13.8. The number of ether oxygens (including phenoxy) is 3. The zero-order chi connectivity index (χ0) is 13.8. The minimum Gasteiger partial charge on any atom is -0.481 e. The smallest absolute Gasteiger partial charge is 0.217 e. The number of methoxy groups -OCH3 is 1. The molecule has 0 bridgehead atoms. The van der Waals surface area contributed by atoms with Gasteiger partial charge in [0.05, 0.1) is 19.3 Å². The highest BCUT2D eigenvalue weighted by Crippen LogP contribution is 2.33. The van der Waals surface area contributed by atoms with Gasteiger partial charge in [0.15, 0.2) is 0 Å². The fourth-order valence-electron chi connectivity index (χ4n) is 3.06. The number of hydrogen-bond donors (Lipinski definition) is 1. The maximum absolute atomic E-state index is 5.95. The van der Waals surface area contributed by atoms with Gasteiger partial charge in [-0.25, -0.2) is 4.98 Å². The van der Waals surface area contributed by atoms with E-state index in [9.17, 15) is 0 Å². The lowest BCUT2D eigenvalue weighted by Crippen LogP contribution is -2.47. The number of pyridine rings is 1. The van der Waals surface area contributed by atoms with Crippen LogP contribution in [0.4, 0.5) is 0 Å². The van der Waals surface area contributed by atoms with Gasteiger partial charge in [0.25, 0.3) is 0 Å². The lowest BCUT2D eigenvalue weighted by Gasteiger charge is -2.37. The van der Waals surface area contributed by atoms with E-state index >= 15 is 0 Å². The third-order valence-corrected chi connectivity index (χ3v) is 4.18. The van der Waals surface area contributed by atoms with Gasteiger partial charge in [-0.1, -0.05) is 6.07 Å². The van der Waals surface area contributed by atoms with Crippen LogP contribution in [0.2, 0.25) is 0 Å². The highest BCUT2D eigenvalue weighted by molar-refractivity contribution is 5.25. The van der Waals surface area contributed by atoms with Gasteiger partial charge in [0.2, 0.25) is 5.88 Å². The maximum Gasteiger partial charge on any atom is 0.217 e. The molecule has 1 aromatic heterocycles. The van der Waals surface area contributed by atoms with Crippen LogP contribution in [0.5, 0.6) is 5.88 Å². The molecule has 3 heterocycles. The molecule has 2 fully saturated rings. The Morgan fingerprint density at radius 3 is 3.25 bits per heavy atom. The monoisotopic (exact) mass is 278 g/mol. The van der Waals surface area contributed by atoms with Crippen LogP contribution < -0.4 is 10.1 Å². The first-order chi connectivity index (χ1) is 9.81. The Kier molecular flexibility index (Phi) is 4.19. The average molecular weight is 278 g/mol. The van der Waals surface area contributed by atoms with Gasteiger partial charge in [0.1, 0.15) is 0 Å². The van der Waals surface area contributed by atoms with Crippen molar-refractivity contribution in [3.05, 3.63) is 23.9 Å². The van der Waals surface area contributed by atoms with Crippen LogP contribution >= 0.6 is 0 Å². The predicted molar refractivity (Wildman–Crippen MR) is 74.8 cm³/mol. The van der Waals surface area contributed by atoms with Gasteiger partial charge in [-0.3, -0.25) is 0 Å². The molecule has 0 amide bonds. The van der Waals surface area contributed by atoms with Crippen molar-refractivity contribution in [2.24, 2.45) is 0 Å². The van der Waals surface area contributed by atoms with Gasteiger partial charge >= 0.3 is 0 Å². The van der Waals surface area contributed by atoms with Crippen molar-refractivity contribution in [1.29, 1.82) is 0 Å². The standard InChI is InChI=1S/C15H22N2O3/c1-18-14-12(3-2-6-16-14)10-17-13-4-7-20-15(9-13)5-8-19-11-15/h2-3,6,13,17H,4-5,7-11H2,1H3. The first-order valence-corrected chi connectivity index (χ1v) is 7.24. The number of rotatable bonds is 4. The quantitative estimate of drug-likeness (QED) is 0.905. The average Bonchev–Trinajstić information content (AvgIpc) is 2.93. The van der Waals surface area contributed by atoms with Crippen LogP contribution in [-0.2, 0) is 16.0 Å². The molecule has 3 rings (SSSR count). The van der Waals surface area contributed by atoms with E-state index in [1.807, 2.05) is 12.1 Å². The van der Waals surface area contributed by atoms with Crippen LogP contribution in [0.1, 0.15) is 24.8 Å². The molecular formula is C15H22N2O3. The van der Waals surface area contributed by atoms with E-state index in [2.05, 4.69) is 10.3 Å². The molecule has 110 valence electrons. The summed E-state index contributed by atoms with van der Waals surface area (Å²) >= 11 is 0. The molecule has 5 nitrogen and oxygen atoms in total. The normalized spacial score (nSPS) is 29.8. The topological polar surface area (TPSA) is 52.6 Å². The fraction of sp³-hybridized carbons (Fsp3) is 0.667. The fourth-order valence-corrected chi connectivity index (χ4v) is 3.06. The first-order valence-electron chi connectivity index (χ1n) is 7.24. The zero-order valence-corrected chi connectivity index (χ0v) is 11.9. The van der Waals surface area contributed by atoms with Crippen LogP contribution in [0.15, 0.2) is 18.3 Å². The molecule has 2 saturated heterocycles. The van der Waals surface area contributed by atoms with Crippen LogP contribution in [-0.4, -0.2) is 43.6 Å². The summed E-state index contributed by atoms with van der Waals surface area (Å²) < 4.78 is 16.7. The summed E-state index contributed by atoms with van der Waals surface area (Å²) in [7, 11) is 1.66. The molecular weight excluding hydrogens is 256 g/mol. The molecule has 2 aliphatic rings. The minimum atomic E-state index is -0.0467. The molecule has 0 radical (unpaired) electrons. The van der Waals surface area contributed by atoms with Crippen LogP contribution in [0.3, 0.4) is 0 Å². The van der Waals surface area contributed by atoms with Crippen LogP contribution in [0, 0.1) is 0 Å². The predicted octanol–water partition coefficient (Wildman–Crippen LogP) is 1.52. The summed E-state index contributed by atoms with van der Waals surface area (Å²) in [6.45, 7) is 3.15. The number of nitrogens with one attached hydrogen (secondary N) is 1. The molecule has 0 aromatic carbocycles. The Labute approximate surface area is 119 Å². The Bertz CT molecular complexity index is 446. The van der Waals surface area contributed by atoms with Crippen molar-refractivity contribution in [2.45, 2.75) is 37.5 Å². The van der Waals surface area contributed by atoms with E-state index in [0.29, 0.717) is 11.9 Å². The second-order valence-electron chi connectivity index (χ2n) is 5.58. The van der Waals surface area contributed by atoms with E-state index in [0.717, 1.165) is 51.2 Å². The van der Waals surface area contributed by atoms with Gasteiger partial charge in [-0.05, 0) is 18.9 Å². The summed E-state index contributed by atoms with van der Waals surface area (Å²) in [6, 6.07) is 4.46. The largest absolute Gasteiger partial charge is 0.481 e. The van der Waals surface area contributed by atoms with E-state index in [-0.39, 0.29) is 5.60 Å². The second-order valence-corrected chi connectivity index (χ2v) is 5.58. The van der Waals surface area contributed by atoms with Gasteiger partial charge < -0.3 is 19.5 Å². The molecule has 0 aliphatic carbocycles. The van der Waals surface area contributed by atoms with Gasteiger partial charge in [-0.15, -0.1) is 0 Å². The Hall–Kier alpha value is -1.17. The summed E-state index contributed by atoms with van der Waals surface area (Å²) in [4.78, 5) is 4.22. The summed E-state index contributed by atoms with van der Waals surface area (Å²) in [6.07, 6.45) is 4.84. The SMILES string of the molecule is COc1ncccc1CNC1CCOC2(CCOC2)C1. The molecule has 1 aromatic rings. The molecule has 1 spiro atoms. The van der Waals surface area contributed by atoms with E-state index < -0.39 is 0 Å². The van der Waals surface area contributed by atoms with Crippen molar-refractivity contribution >= 4 is 0 Å². The Balaban J connectivity index is 1.58. The Morgan fingerprint density at radius 2 is 2.45 bits per heavy atom. The number of aromatic nitrogens is 1. The van der Waals surface area contributed by atoms with Crippen LogP contribution in [0.25, 0.3) is 0 Å². The Morgan fingerprint density at radius 1 is 1.50 bits per heavy atom. The maximum atomic E-state index is 5.95. The van der Waals surface area contributed by atoms with Crippen molar-refractivity contribution < 1.29 is 14.2 Å². The summed E-state index contributed by atoms with van der Waals surface area (Å²) in [5.41, 5.74) is 1.05. The number of hydrogen-bond acceptors (Lipinski definition) is 5. The third kappa shape index (κ3) is 2.95. The molecule has 5 heteroatoms. The summed E-state index contributed by atoms with van der Waals surface area (Å²) in [5.74, 6) is 0.700. The van der Waals surface area contributed by atoms with Crippen molar-refractivity contribution in [2.75, 3.05) is 26.9 Å². The highest BCUT2D eigenvalue weighted by Gasteiger charge is 2.40. The van der Waals surface area contributed by atoms with Gasteiger partial charge in [0, 0.05) is 44.0 Å². The van der Waals surface area contributed by atoms with Crippen molar-refractivity contribution in [3.8, 4) is 5.88 Å². The van der Waals surface area contributed by atoms with Crippen molar-refractivity contribution in [3.63, 3.8) is 0 Å². The van der Waals surface area contributed by atoms with Gasteiger partial charge in [-0.2, -0.15) is 0 Å². The molecule has 1 N–H and O–H groups in total. The lowest BCUT2D eigenvalue weighted by atomic mass is 9.89. The van der Waals surface area contributed by atoms with E-state index in [4.69, 9.17) is 14.2 Å². The minimum absolute atomic E-state index is 0.0467. The molecule has 2 unspecified atom stereocenters. The van der Waals surface area contributed by atoms with E-state index in [1.165, 1.54) is 0 Å². The second kappa shape index (κ2) is 6.08. The zero-order valence-electron chi connectivity index (χ0n) is 11.9. The summed E-state index contributed by atoms with van der Waals surface area (Å²) in [5, 5.41) is 3.61. The molecule has 2 aliphatic heterocycles. The lowest BCUT2D eigenvalue weighted by molar-refractivity contribution is -0.0894. The highest BCUT2D eigenvalue weighted by atomic mass is 16.6. The van der Waals surface area contributed by atoms with E-state index in [1.54, 1.807) is 13.3 Å².